The third-order valence-electron chi connectivity index (χ3n) is 6.45. The largest absolute Gasteiger partial charge is 0.358 e. The van der Waals surface area contributed by atoms with E-state index in [2.05, 4.69) is 68.2 Å². The van der Waals surface area contributed by atoms with Crippen LogP contribution in [0.2, 0.25) is 0 Å². The van der Waals surface area contributed by atoms with Crippen LogP contribution in [0.1, 0.15) is 19.8 Å². The van der Waals surface area contributed by atoms with Crippen LogP contribution in [0, 0.1) is 5.82 Å². The van der Waals surface area contributed by atoms with Crippen LogP contribution in [0.15, 0.2) is 91.5 Å². The number of aromatic nitrogens is 5. The van der Waals surface area contributed by atoms with Crippen molar-refractivity contribution in [1.82, 2.24) is 25.1 Å². The summed E-state index contributed by atoms with van der Waals surface area (Å²) in [4.78, 5) is 12.4. The minimum atomic E-state index is -0.259. The van der Waals surface area contributed by atoms with Crippen LogP contribution >= 0.6 is 0 Å². The molecule has 0 spiro atoms. The Morgan fingerprint density at radius 2 is 1.78 bits per heavy atom. The fourth-order valence-electron chi connectivity index (χ4n) is 4.67. The number of fused-ring (bicyclic) bond motifs is 2. The number of nitrogens with one attached hydrogen (secondary N) is 3. The van der Waals surface area contributed by atoms with Gasteiger partial charge in [0.1, 0.15) is 17.2 Å². The third-order valence-corrected chi connectivity index (χ3v) is 6.45. The minimum absolute atomic E-state index is 0.259. The molecule has 6 rings (SSSR count). The van der Waals surface area contributed by atoms with Crippen LogP contribution in [0.4, 0.5) is 10.1 Å². The number of H-pyrrole nitrogens is 2. The number of rotatable bonds is 7. The predicted molar refractivity (Wildman–Crippen MR) is 147 cm³/mol. The van der Waals surface area contributed by atoms with E-state index >= 15 is 0 Å². The lowest BCUT2D eigenvalue weighted by Crippen LogP contribution is -1.98. The third kappa shape index (κ3) is 4.36. The molecule has 0 radical (unpaired) electrons. The molecule has 4 aromatic heterocycles. The Bertz CT molecular complexity index is 1750. The fourth-order valence-corrected chi connectivity index (χ4v) is 4.67. The first-order valence-corrected chi connectivity index (χ1v) is 12.2. The van der Waals surface area contributed by atoms with Crippen LogP contribution in [0.3, 0.4) is 0 Å². The van der Waals surface area contributed by atoms with Crippen molar-refractivity contribution < 1.29 is 4.39 Å². The monoisotopic (exact) mass is 488 g/mol. The van der Waals surface area contributed by atoms with Gasteiger partial charge in [-0.3, -0.25) is 10.1 Å². The van der Waals surface area contributed by atoms with E-state index in [0.717, 1.165) is 79.8 Å². The van der Waals surface area contributed by atoms with Gasteiger partial charge in [0.15, 0.2) is 0 Å². The highest BCUT2D eigenvalue weighted by Gasteiger charge is 2.15. The number of benzene rings is 2. The predicted octanol–water partition coefficient (Wildman–Crippen LogP) is 7.70. The second kappa shape index (κ2) is 9.35. The molecule has 2 aromatic carbocycles. The molecule has 4 heterocycles. The molecular formula is C30H25FN6. The molecule has 6 aromatic rings. The van der Waals surface area contributed by atoms with Crippen LogP contribution < -0.4 is 5.32 Å². The molecule has 3 N–H and O–H groups in total. The molecular weight excluding hydrogens is 463 g/mol. The molecule has 0 aliphatic heterocycles. The van der Waals surface area contributed by atoms with E-state index in [9.17, 15) is 4.39 Å². The maximum atomic E-state index is 13.5. The van der Waals surface area contributed by atoms with Crippen LogP contribution in [0.25, 0.3) is 55.6 Å². The summed E-state index contributed by atoms with van der Waals surface area (Å²) in [6.45, 7) is 6.22. The van der Waals surface area contributed by atoms with Crippen molar-refractivity contribution in [2.75, 3.05) is 5.32 Å². The van der Waals surface area contributed by atoms with Gasteiger partial charge in [-0.15, -0.1) is 0 Å². The number of hydrogen-bond acceptors (Lipinski definition) is 4. The number of hydrogen-bond donors (Lipinski definition) is 3. The van der Waals surface area contributed by atoms with E-state index in [0.29, 0.717) is 0 Å². The number of halogens is 1. The molecule has 0 atom stereocenters. The van der Waals surface area contributed by atoms with Crippen molar-refractivity contribution in [3.63, 3.8) is 0 Å². The maximum absolute atomic E-state index is 13.5. The van der Waals surface area contributed by atoms with Crippen molar-refractivity contribution in [3.8, 4) is 33.6 Å². The Morgan fingerprint density at radius 3 is 2.62 bits per heavy atom. The second-order valence-electron chi connectivity index (χ2n) is 9.08. The lowest BCUT2D eigenvalue weighted by molar-refractivity contribution is 0.628. The topological polar surface area (TPSA) is 82.3 Å². The summed E-state index contributed by atoms with van der Waals surface area (Å²) in [5.41, 5.74) is 9.17. The van der Waals surface area contributed by atoms with Gasteiger partial charge < -0.3 is 10.3 Å². The molecule has 0 aliphatic carbocycles. The highest BCUT2D eigenvalue weighted by Crippen LogP contribution is 2.35. The van der Waals surface area contributed by atoms with Crippen molar-refractivity contribution in [2.45, 2.75) is 19.8 Å². The normalized spacial score (nSPS) is 11.3. The molecule has 182 valence electrons. The molecule has 0 bridgehead atoms. The lowest BCUT2D eigenvalue weighted by atomic mass is 10.0. The minimum Gasteiger partial charge on any atom is -0.358 e. The van der Waals surface area contributed by atoms with E-state index in [4.69, 9.17) is 0 Å². The average molecular weight is 489 g/mol. The van der Waals surface area contributed by atoms with Crippen LogP contribution in [-0.2, 0) is 0 Å². The van der Waals surface area contributed by atoms with Gasteiger partial charge in [-0.1, -0.05) is 38.1 Å². The van der Waals surface area contributed by atoms with Crippen molar-refractivity contribution in [1.29, 1.82) is 0 Å². The zero-order valence-corrected chi connectivity index (χ0v) is 20.3. The number of allylic oxidation sites excluding steroid dienone is 1. The van der Waals surface area contributed by atoms with Crippen LogP contribution in [-0.4, -0.2) is 25.1 Å². The first-order valence-electron chi connectivity index (χ1n) is 12.2. The fraction of sp³-hybridized carbons (Fsp3) is 0.100. The van der Waals surface area contributed by atoms with Gasteiger partial charge in [-0.05, 0) is 65.6 Å². The highest BCUT2D eigenvalue weighted by molar-refractivity contribution is 6.00. The van der Waals surface area contributed by atoms with Gasteiger partial charge in [0.25, 0.3) is 0 Å². The van der Waals surface area contributed by atoms with Crippen molar-refractivity contribution >= 4 is 27.6 Å². The average Bonchev–Trinajstić information content (AvgIpc) is 3.53. The van der Waals surface area contributed by atoms with Crippen molar-refractivity contribution in [3.05, 3.63) is 97.3 Å². The van der Waals surface area contributed by atoms with Gasteiger partial charge in [-0.25, -0.2) is 9.37 Å². The summed E-state index contributed by atoms with van der Waals surface area (Å²) in [6.07, 6.45) is 7.37. The quantitative estimate of drug-likeness (QED) is 0.215. The molecule has 37 heavy (non-hydrogen) atoms. The SMILES string of the molecule is C=C(CCC)Nc1cncc(-c2ccc3[nH]nc(-c4cc5c(-c6ccc(F)cc6)ccnc5[nH]4)c3c2)c1. The summed E-state index contributed by atoms with van der Waals surface area (Å²) in [6, 6.07) is 18.8. The van der Waals surface area contributed by atoms with Gasteiger partial charge in [0, 0.05) is 34.4 Å². The first-order chi connectivity index (χ1) is 18.1. The Hall–Kier alpha value is -4.78. The molecule has 7 heteroatoms. The Labute approximate surface area is 213 Å². The zero-order chi connectivity index (χ0) is 25.4. The number of nitrogens with zero attached hydrogens (tertiary/aromatic N) is 3. The molecule has 0 saturated heterocycles. The molecule has 0 aliphatic rings. The van der Waals surface area contributed by atoms with Crippen LogP contribution in [0.5, 0.6) is 0 Å². The summed E-state index contributed by atoms with van der Waals surface area (Å²) in [7, 11) is 0. The standard InChI is InChI=1S/C30H25FN6/c1-3-4-18(2)34-23-13-21(16-32-17-23)20-7-10-27-26(14-20)29(37-36-27)28-15-25-24(11-12-33-30(25)35-28)19-5-8-22(31)9-6-19/h5-17,34H,2-4H2,1H3,(H,33,35)(H,36,37). The van der Waals surface area contributed by atoms with Gasteiger partial charge in [0.2, 0.25) is 0 Å². The van der Waals surface area contributed by atoms with E-state index in [1.54, 1.807) is 18.3 Å². The number of anilines is 1. The summed E-state index contributed by atoms with van der Waals surface area (Å²) >= 11 is 0. The Morgan fingerprint density at radius 1 is 0.946 bits per heavy atom. The highest BCUT2D eigenvalue weighted by atomic mass is 19.1. The molecule has 0 unspecified atom stereocenters. The second-order valence-corrected chi connectivity index (χ2v) is 9.08. The smallest absolute Gasteiger partial charge is 0.138 e. The van der Waals surface area contributed by atoms with E-state index in [1.807, 2.05) is 24.5 Å². The number of pyridine rings is 2. The summed E-state index contributed by atoms with van der Waals surface area (Å²) in [5.74, 6) is -0.259. The van der Waals surface area contributed by atoms with Gasteiger partial charge in [0.05, 0.1) is 23.1 Å². The zero-order valence-electron chi connectivity index (χ0n) is 20.3. The van der Waals surface area contributed by atoms with E-state index in [-0.39, 0.29) is 5.82 Å². The summed E-state index contributed by atoms with van der Waals surface area (Å²) < 4.78 is 13.5. The molecule has 0 saturated carbocycles. The van der Waals surface area contributed by atoms with E-state index in [1.165, 1.54) is 12.1 Å². The molecule has 0 fully saturated rings. The Kier molecular flexibility index (Phi) is 5.73. The van der Waals surface area contributed by atoms with Crippen molar-refractivity contribution in [2.24, 2.45) is 0 Å². The first kappa shape index (κ1) is 22.7. The maximum Gasteiger partial charge on any atom is 0.138 e. The Balaban J connectivity index is 1.40. The summed E-state index contributed by atoms with van der Waals surface area (Å²) in [5, 5.41) is 13.0. The van der Waals surface area contributed by atoms with E-state index < -0.39 is 0 Å². The van der Waals surface area contributed by atoms with Gasteiger partial charge >= 0.3 is 0 Å². The van der Waals surface area contributed by atoms with Gasteiger partial charge in [-0.2, -0.15) is 5.10 Å². The molecule has 6 nitrogen and oxygen atoms in total. The molecule has 0 amide bonds. The lowest BCUT2D eigenvalue weighted by Gasteiger charge is -2.10. The number of aromatic amines is 2.